The second-order valence-corrected chi connectivity index (χ2v) is 5.96. The maximum Gasteiger partial charge on any atom is 0.0696 e. The topological polar surface area (TPSA) is 20.2 Å². The molecule has 0 aliphatic carbocycles. The molecule has 18 heavy (non-hydrogen) atoms. The molecule has 2 aromatic rings. The molecule has 2 aromatic carbocycles. The van der Waals surface area contributed by atoms with Crippen LogP contribution in [0.5, 0.6) is 0 Å². The molecule has 0 radical (unpaired) electrons. The zero-order chi connectivity index (χ0) is 13.1. The van der Waals surface area contributed by atoms with Gasteiger partial charge in [0.1, 0.15) is 0 Å². The van der Waals surface area contributed by atoms with Gasteiger partial charge in [0, 0.05) is 14.8 Å². The van der Waals surface area contributed by atoms with Crippen molar-refractivity contribution in [1.29, 1.82) is 0 Å². The fourth-order valence-corrected chi connectivity index (χ4v) is 2.96. The van der Waals surface area contributed by atoms with E-state index in [4.69, 9.17) is 39.9 Å². The summed E-state index contributed by atoms with van der Waals surface area (Å²) in [7, 11) is 0. The molecule has 2 rings (SSSR count). The largest absolute Gasteiger partial charge is 0.392 e. The van der Waals surface area contributed by atoms with E-state index < -0.39 is 0 Å². The lowest BCUT2D eigenvalue weighted by Crippen LogP contribution is -1.84. The first-order valence-electron chi connectivity index (χ1n) is 5.12. The summed E-state index contributed by atoms with van der Waals surface area (Å²) < 4.78 is 0. The highest BCUT2D eigenvalue weighted by Crippen LogP contribution is 2.34. The summed E-state index contributed by atoms with van der Waals surface area (Å²) in [6.07, 6.45) is 0. The van der Waals surface area contributed by atoms with Gasteiger partial charge in [-0.1, -0.05) is 52.6 Å². The molecule has 0 heterocycles. The highest BCUT2D eigenvalue weighted by Gasteiger charge is 2.04. The van der Waals surface area contributed by atoms with Crippen LogP contribution in [0.2, 0.25) is 15.1 Å². The van der Waals surface area contributed by atoms with Gasteiger partial charge in [-0.3, -0.25) is 0 Å². The van der Waals surface area contributed by atoms with Crippen molar-refractivity contribution in [3.8, 4) is 0 Å². The van der Waals surface area contributed by atoms with Crippen molar-refractivity contribution in [2.75, 3.05) is 0 Å². The Balaban J connectivity index is 2.23. The van der Waals surface area contributed by atoms with Gasteiger partial charge in [0.05, 0.1) is 16.7 Å². The van der Waals surface area contributed by atoms with Gasteiger partial charge in [0.25, 0.3) is 0 Å². The third-order valence-corrected chi connectivity index (χ3v) is 4.39. The molecule has 0 spiro atoms. The van der Waals surface area contributed by atoms with Crippen LogP contribution in [0.1, 0.15) is 5.56 Å². The summed E-state index contributed by atoms with van der Waals surface area (Å²) in [5, 5.41) is 10.7. The Bertz CT molecular complexity index is 572. The zero-order valence-electron chi connectivity index (χ0n) is 9.16. The SMILES string of the molecule is OCc1ccc(Sc2ccc(Cl)c(Cl)c2)cc1Cl. The fourth-order valence-electron chi connectivity index (χ4n) is 1.40. The quantitative estimate of drug-likeness (QED) is 0.829. The van der Waals surface area contributed by atoms with E-state index in [1.165, 1.54) is 11.8 Å². The van der Waals surface area contributed by atoms with Crippen LogP contribution in [0.25, 0.3) is 0 Å². The number of hydrogen-bond donors (Lipinski definition) is 1. The van der Waals surface area contributed by atoms with Crippen LogP contribution in [0.3, 0.4) is 0 Å². The Morgan fingerprint density at radius 2 is 1.44 bits per heavy atom. The van der Waals surface area contributed by atoms with Crippen LogP contribution in [0.4, 0.5) is 0 Å². The van der Waals surface area contributed by atoms with Gasteiger partial charge in [-0.2, -0.15) is 0 Å². The normalized spacial score (nSPS) is 10.7. The second-order valence-electron chi connectivity index (χ2n) is 3.59. The summed E-state index contributed by atoms with van der Waals surface area (Å²) in [6, 6.07) is 11.0. The van der Waals surface area contributed by atoms with Gasteiger partial charge in [0.15, 0.2) is 0 Å². The van der Waals surface area contributed by atoms with Crippen molar-refractivity contribution in [1.82, 2.24) is 0 Å². The Kier molecular flexibility index (Phi) is 4.82. The van der Waals surface area contributed by atoms with Crippen molar-refractivity contribution < 1.29 is 5.11 Å². The lowest BCUT2D eigenvalue weighted by atomic mass is 10.2. The molecule has 0 aromatic heterocycles. The third kappa shape index (κ3) is 3.34. The number of aliphatic hydroxyl groups excluding tert-OH is 1. The minimum absolute atomic E-state index is 0.0590. The van der Waals surface area contributed by atoms with Crippen molar-refractivity contribution in [3.05, 3.63) is 57.0 Å². The average Bonchev–Trinajstić information content (AvgIpc) is 2.34. The van der Waals surface area contributed by atoms with Crippen LogP contribution in [0.15, 0.2) is 46.2 Å². The first-order chi connectivity index (χ1) is 8.60. The van der Waals surface area contributed by atoms with Crippen molar-refractivity contribution >= 4 is 46.6 Å². The van der Waals surface area contributed by atoms with Crippen LogP contribution in [0, 0.1) is 0 Å². The second kappa shape index (κ2) is 6.18. The highest BCUT2D eigenvalue weighted by molar-refractivity contribution is 7.99. The molecular formula is C13H9Cl3OS. The Hall–Kier alpha value is -0.380. The standard InChI is InChI=1S/C13H9Cl3OS/c14-11-4-3-10(6-13(11)16)18-9-2-1-8(7-17)12(15)5-9/h1-6,17H,7H2. The van der Waals surface area contributed by atoms with E-state index in [1.807, 2.05) is 30.3 Å². The van der Waals surface area contributed by atoms with E-state index in [0.717, 1.165) is 15.4 Å². The maximum atomic E-state index is 9.04. The average molecular weight is 320 g/mol. The van der Waals surface area contributed by atoms with Gasteiger partial charge in [-0.25, -0.2) is 0 Å². The van der Waals surface area contributed by atoms with E-state index >= 15 is 0 Å². The Morgan fingerprint density at radius 3 is 2.00 bits per heavy atom. The van der Waals surface area contributed by atoms with Crippen LogP contribution >= 0.6 is 46.6 Å². The maximum absolute atomic E-state index is 9.04. The zero-order valence-corrected chi connectivity index (χ0v) is 12.2. The number of rotatable bonds is 3. The van der Waals surface area contributed by atoms with Crippen molar-refractivity contribution in [2.45, 2.75) is 16.4 Å². The fraction of sp³-hybridized carbons (Fsp3) is 0.0769. The van der Waals surface area contributed by atoms with Crippen LogP contribution in [-0.4, -0.2) is 5.11 Å². The molecule has 0 unspecified atom stereocenters. The van der Waals surface area contributed by atoms with Crippen LogP contribution in [-0.2, 0) is 6.61 Å². The lowest BCUT2D eigenvalue weighted by molar-refractivity contribution is 0.282. The van der Waals surface area contributed by atoms with Gasteiger partial charge in [0.2, 0.25) is 0 Å². The van der Waals surface area contributed by atoms with E-state index in [-0.39, 0.29) is 6.61 Å². The molecule has 0 bridgehead atoms. The minimum Gasteiger partial charge on any atom is -0.392 e. The summed E-state index contributed by atoms with van der Waals surface area (Å²) in [5.41, 5.74) is 0.718. The first kappa shape index (κ1) is 14.0. The van der Waals surface area contributed by atoms with Crippen LogP contribution < -0.4 is 0 Å². The molecule has 0 atom stereocenters. The molecule has 0 aliphatic rings. The summed E-state index contributed by atoms with van der Waals surface area (Å²) in [6.45, 7) is -0.0590. The monoisotopic (exact) mass is 318 g/mol. The molecule has 0 saturated heterocycles. The molecule has 1 nitrogen and oxygen atoms in total. The molecule has 5 heteroatoms. The first-order valence-corrected chi connectivity index (χ1v) is 7.07. The lowest BCUT2D eigenvalue weighted by Gasteiger charge is -2.06. The number of aliphatic hydroxyl groups is 1. The summed E-state index contributed by atoms with van der Waals surface area (Å²) >= 11 is 19.4. The molecule has 0 fully saturated rings. The van der Waals surface area contributed by atoms with Gasteiger partial charge in [-0.05, 0) is 35.9 Å². The van der Waals surface area contributed by atoms with Crippen molar-refractivity contribution in [3.63, 3.8) is 0 Å². The smallest absolute Gasteiger partial charge is 0.0696 e. The summed E-state index contributed by atoms with van der Waals surface area (Å²) in [4.78, 5) is 1.97. The summed E-state index contributed by atoms with van der Waals surface area (Å²) in [5.74, 6) is 0. The van der Waals surface area contributed by atoms with E-state index in [1.54, 1.807) is 6.07 Å². The molecule has 0 amide bonds. The Labute approximate surface area is 125 Å². The van der Waals surface area contributed by atoms with Gasteiger partial charge >= 0.3 is 0 Å². The van der Waals surface area contributed by atoms with Gasteiger partial charge in [-0.15, -0.1) is 0 Å². The number of halogens is 3. The minimum atomic E-state index is -0.0590. The van der Waals surface area contributed by atoms with E-state index in [9.17, 15) is 0 Å². The Morgan fingerprint density at radius 1 is 0.833 bits per heavy atom. The predicted octanol–water partition coefficient (Wildman–Crippen LogP) is 5.29. The number of benzene rings is 2. The molecule has 1 N–H and O–H groups in total. The predicted molar refractivity (Wildman–Crippen MR) is 78.0 cm³/mol. The van der Waals surface area contributed by atoms with E-state index in [0.29, 0.717) is 15.1 Å². The highest BCUT2D eigenvalue weighted by atomic mass is 35.5. The van der Waals surface area contributed by atoms with Crippen molar-refractivity contribution in [2.24, 2.45) is 0 Å². The molecule has 94 valence electrons. The van der Waals surface area contributed by atoms with E-state index in [2.05, 4.69) is 0 Å². The van der Waals surface area contributed by atoms with Gasteiger partial charge < -0.3 is 5.11 Å². The number of hydrogen-bond acceptors (Lipinski definition) is 2. The molecular weight excluding hydrogens is 311 g/mol. The molecule has 0 aliphatic heterocycles. The molecule has 0 saturated carbocycles. The third-order valence-electron chi connectivity index (χ3n) is 2.32.